The van der Waals surface area contributed by atoms with Gasteiger partial charge in [-0.05, 0) is 60.7 Å². The van der Waals surface area contributed by atoms with E-state index < -0.39 is 0 Å². The number of rotatable bonds is 6. The van der Waals surface area contributed by atoms with Crippen LogP contribution in [0, 0.1) is 6.92 Å². The molecular weight excluding hydrogens is 354 g/mol. The van der Waals surface area contributed by atoms with E-state index >= 15 is 0 Å². The molecule has 0 bridgehead atoms. The molecule has 1 atom stereocenters. The number of hydrogen-bond donors (Lipinski definition) is 1. The van der Waals surface area contributed by atoms with Crippen molar-refractivity contribution in [3.63, 3.8) is 0 Å². The monoisotopic (exact) mass is 375 g/mol. The Morgan fingerprint density at radius 3 is 2.52 bits per heavy atom. The Morgan fingerprint density at radius 1 is 1.22 bits per heavy atom. The van der Waals surface area contributed by atoms with E-state index in [0.29, 0.717) is 11.7 Å². The van der Waals surface area contributed by atoms with Gasteiger partial charge in [0, 0.05) is 10.2 Å². The van der Waals surface area contributed by atoms with Crippen molar-refractivity contribution in [1.29, 1.82) is 0 Å². The summed E-state index contributed by atoms with van der Waals surface area (Å²) in [5.41, 5.74) is 3.09. The molecule has 0 heterocycles. The first-order valence-electron chi connectivity index (χ1n) is 7.78. The molecule has 0 saturated carbocycles. The van der Waals surface area contributed by atoms with E-state index in [-0.39, 0.29) is 12.5 Å². The highest BCUT2D eigenvalue weighted by Crippen LogP contribution is 2.22. The molecule has 0 fully saturated rings. The molecule has 1 N–H and O–H groups in total. The molecule has 0 saturated heterocycles. The molecule has 0 aliphatic rings. The Kier molecular flexibility index (Phi) is 6.22. The van der Waals surface area contributed by atoms with Gasteiger partial charge in [-0.1, -0.05) is 41.9 Å². The molecule has 122 valence electrons. The topological polar surface area (TPSA) is 38.3 Å². The van der Waals surface area contributed by atoms with Crippen molar-refractivity contribution in [1.82, 2.24) is 0 Å². The zero-order valence-corrected chi connectivity index (χ0v) is 15.3. The van der Waals surface area contributed by atoms with E-state index in [1.165, 1.54) is 5.56 Å². The van der Waals surface area contributed by atoms with Gasteiger partial charge in [0.25, 0.3) is 5.91 Å². The quantitative estimate of drug-likeness (QED) is 0.744. The SMILES string of the molecule is CC[C@@H](C)c1ccc(OCC(=O)Nc2ccc(Br)cc2C)cc1. The molecule has 1 amide bonds. The highest BCUT2D eigenvalue weighted by molar-refractivity contribution is 9.10. The number of ether oxygens (including phenoxy) is 1. The van der Waals surface area contributed by atoms with Crippen molar-refractivity contribution in [2.45, 2.75) is 33.1 Å². The minimum absolute atomic E-state index is 0.00180. The summed E-state index contributed by atoms with van der Waals surface area (Å²) in [6.07, 6.45) is 1.11. The maximum Gasteiger partial charge on any atom is 0.262 e. The van der Waals surface area contributed by atoms with Crippen LogP contribution >= 0.6 is 15.9 Å². The Morgan fingerprint density at radius 2 is 1.91 bits per heavy atom. The van der Waals surface area contributed by atoms with E-state index in [9.17, 15) is 4.79 Å². The van der Waals surface area contributed by atoms with E-state index in [1.807, 2.05) is 37.3 Å². The maximum absolute atomic E-state index is 12.0. The van der Waals surface area contributed by atoms with Gasteiger partial charge in [0.15, 0.2) is 6.61 Å². The number of hydrogen-bond acceptors (Lipinski definition) is 2. The Labute approximate surface area is 146 Å². The molecule has 0 aromatic heterocycles. The van der Waals surface area contributed by atoms with Crippen LogP contribution < -0.4 is 10.1 Å². The number of halogens is 1. The molecule has 0 aliphatic carbocycles. The summed E-state index contributed by atoms with van der Waals surface area (Å²) in [5, 5.41) is 2.86. The van der Waals surface area contributed by atoms with E-state index in [0.717, 1.165) is 22.1 Å². The van der Waals surface area contributed by atoms with Crippen molar-refractivity contribution >= 4 is 27.5 Å². The van der Waals surface area contributed by atoms with Gasteiger partial charge in [-0.15, -0.1) is 0 Å². The van der Waals surface area contributed by atoms with Crippen LogP contribution in [0.5, 0.6) is 5.75 Å². The summed E-state index contributed by atoms with van der Waals surface area (Å²) in [6, 6.07) is 13.7. The zero-order valence-electron chi connectivity index (χ0n) is 13.7. The van der Waals surface area contributed by atoms with E-state index in [2.05, 4.69) is 47.2 Å². The molecule has 0 radical (unpaired) electrons. The van der Waals surface area contributed by atoms with Crippen molar-refractivity contribution in [3.8, 4) is 5.75 Å². The fourth-order valence-electron chi connectivity index (χ4n) is 2.23. The normalized spacial score (nSPS) is 11.8. The fraction of sp³-hybridized carbons (Fsp3) is 0.316. The highest BCUT2D eigenvalue weighted by atomic mass is 79.9. The second kappa shape index (κ2) is 8.16. The fourth-order valence-corrected chi connectivity index (χ4v) is 2.71. The second-order valence-electron chi connectivity index (χ2n) is 5.67. The van der Waals surface area contributed by atoms with Crippen molar-refractivity contribution in [2.24, 2.45) is 0 Å². The van der Waals surface area contributed by atoms with Gasteiger partial charge >= 0.3 is 0 Å². The number of benzene rings is 2. The minimum atomic E-state index is -0.165. The number of carbonyl (C=O) groups excluding carboxylic acids is 1. The lowest BCUT2D eigenvalue weighted by atomic mass is 9.99. The molecular formula is C19H22BrNO2. The average molecular weight is 376 g/mol. The van der Waals surface area contributed by atoms with Crippen LogP contribution in [0.3, 0.4) is 0 Å². The number of amides is 1. The van der Waals surface area contributed by atoms with Crippen LogP contribution in [-0.4, -0.2) is 12.5 Å². The number of nitrogens with one attached hydrogen (secondary N) is 1. The van der Waals surface area contributed by atoms with Gasteiger partial charge in [-0.3, -0.25) is 4.79 Å². The predicted octanol–water partition coefficient (Wildman–Crippen LogP) is 5.29. The lowest BCUT2D eigenvalue weighted by molar-refractivity contribution is -0.118. The van der Waals surface area contributed by atoms with Crippen LogP contribution in [0.1, 0.15) is 37.3 Å². The van der Waals surface area contributed by atoms with Gasteiger partial charge in [-0.2, -0.15) is 0 Å². The maximum atomic E-state index is 12.0. The number of carbonyl (C=O) groups is 1. The first kappa shape index (κ1) is 17.5. The Hall–Kier alpha value is -1.81. The first-order valence-corrected chi connectivity index (χ1v) is 8.57. The minimum Gasteiger partial charge on any atom is -0.484 e. The van der Waals surface area contributed by atoms with Gasteiger partial charge in [0.05, 0.1) is 0 Å². The van der Waals surface area contributed by atoms with Crippen molar-refractivity contribution in [3.05, 3.63) is 58.1 Å². The third-order valence-electron chi connectivity index (χ3n) is 3.89. The third kappa shape index (κ3) is 5.10. The molecule has 4 heteroatoms. The number of anilines is 1. The summed E-state index contributed by atoms with van der Waals surface area (Å²) >= 11 is 3.41. The summed E-state index contributed by atoms with van der Waals surface area (Å²) in [7, 11) is 0. The summed E-state index contributed by atoms with van der Waals surface area (Å²) in [5.74, 6) is 1.08. The van der Waals surface area contributed by atoms with Crippen molar-refractivity contribution < 1.29 is 9.53 Å². The summed E-state index contributed by atoms with van der Waals surface area (Å²) in [4.78, 5) is 12.0. The van der Waals surface area contributed by atoms with Gasteiger partial charge < -0.3 is 10.1 Å². The largest absolute Gasteiger partial charge is 0.484 e. The van der Waals surface area contributed by atoms with Gasteiger partial charge in [-0.25, -0.2) is 0 Å². The Balaban J connectivity index is 1.89. The molecule has 2 rings (SSSR count). The molecule has 0 aliphatic heterocycles. The molecule has 23 heavy (non-hydrogen) atoms. The van der Waals surface area contributed by atoms with E-state index in [1.54, 1.807) is 0 Å². The van der Waals surface area contributed by atoms with Gasteiger partial charge in [0.2, 0.25) is 0 Å². The van der Waals surface area contributed by atoms with Crippen LogP contribution in [0.4, 0.5) is 5.69 Å². The molecule has 3 nitrogen and oxygen atoms in total. The smallest absolute Gasteiger partial charge is 0.262 e. The van der Waals surface area contributed by atoms with E-state index in [4.69, 9.17) is 4.74 Å². The van der Waals surface area contributed by atoms with Crippen LogP contribution in [-0.2, 0) is 4.79 Å². The highest BCUT2D eigenvalue weighted by Gasteiger charge is 2.07. The molecule has 2 aromatic carbocycles. The summed E-state index contributed by atoms with van der Waals surface area (Å²) in [6.45, 7) is 6.32. The lowest BCUT2D eigenvalue weighted by Crippen LogP contribution is -2.20. The van der Waals surface area contributed by atoms with Crippen LogP contribution in [0.15, 0.2) is 46.9 Å². The standard InChI is InChI=1S/C19H22BrNO2/c1-4-13(2)15-5-8-17(9-6-15)23-12-19(22)21-18-10-7-16(20)11-14(18)3/h5-11,13H,4,12H2,1-3H3,(H,21,22)/t13-/m1/s1. The lowest BCUT2D eigenvalue weighted by Gasteiger charge is -2.12. The van der Waals surface area contributed by atoms with Crippen LogP contribution in [0.25, 0.3) is 0 Å². The van der Waals surface area contributed by atoms with Crippen molar-refractivity contribution in [2.75, 3.05) is 11.9 Å². The van der Waals surface area contributed by atoms with Crippen LogP contribution in [0.2, 0.25) is 0 Å². The summed E-state index contributed by atoms with van der Waals surface area (Å²) < 4.78 is 6.54. The average Bonchev–Trinajstić information content (AvgIpc) is 2.55. The third-order valence-corrected chi connectivity index (χ3v) is 4.39. The first-order chi connectivity index (χ1) is 11.0. The second-order valence-corrected chi connectivity index (χ2v) is 6.59. The van der Waals surface area contributed by atoms with Gasteiger partial charge in [0.1, 0.15) is 5.75 Å². The molecule has 0 unspecified atom stereocenters. The zero-order chi connectivity index (χ0) is 16.8. The Bertz CT molecular complexity index is 668. The predicted molar refractivity (Wildman–Crippen MR) is 98.2 cm³/mol. The molecule has 2 aromatic rings. The molecule has 0 spiro atoms. The number of aryl methyl sites for hydroxylation is 1.